The minimum atomic E-state index is -1.90. The Morgan fingerprint density at radius 1 is 1.32 bits per heavy atom. The van der Waals surface area contributed by atoms with Gasteiger partial charge in [-0.05, 0) is 38.3 Å². The van der Waals surface area contributed by atoms with E-state index in [4.69, 9.17) is 0 Å². The van der Waals surface area contributed by atoms with Crippen molar-refractivity contribution in [3.05, 3.63) is 35.4 Å². The number of carbonyl (C=O) groups excluding carboxylic acids is 1. The number of piperidine rings is 1. The molecule has 1 aromatic carbocycles. The first-order valence-corrected chi connectivity index (χ1v) is 8.80. The molecule has 0 amide bonds. The molecular formula is C19H25NO5. The van der Waals surface area contributed by atoms with Gasteiger partial charge < -0.3 is 15.3 Å². The molecule has 1 aromatic rings. The highest BCUT2D eigenvalue weighted by molar-refractivity contribution is 6.14. The molecule has 5 atom stereocenters. The van der Waals surface area contributed by atoms with Crippen molar-refractivity contribution < 1.29 is 24.9 Å². The highest BCUT2D eigenvalue weighted by atomic mass is 16.4. The summed E-state index contributed by atoms with van der Waals surface area (Å²) < 4.78 is 0. The smallest absolute Gasteiger partial charge is 0.321 e. The number of hydrogen-bond donors (Lipinski definition) is 3. The maximum absolute atomic E-state index is 13.5. The van der Waals surface area contributed by atoms with E-state index >= 15 is 0 Å². The van der Waals surface area contributed by atoms with E-state index in [9.17, 15) is 24.9 Å². The summed E-state index contributed by atoms with van der Waals surface area (Å²) in [5.74, 6) is -1.89. The summed E-state index contributed by atoms with van der Waals surface area (Å²) in [5.41, 5.74) is -1.28. The second-order valence-electron chi connectivity index (χ2n) is 7.18. The van der Waals surface area contributed by atoms with E-state index in [0.29, 0.717) is 18.4 Å². The van der Waals surface area contributed by atoms with Gasteiger partial charge in [0, 0.05) is 17.6 Å². The van der Waals surface area contributed by atoms with Gasteiger partial charge in [-0.15, -0.1) is 0 Å². The number of benzene rings is 1. The van der Waals surface area contributed by atoms with E-state index in [1.165, 1.54) is 0 Å². The molecule has 0 saturated carbocycles. The van der Waals surface area contributed by atoms with E-state index in [0.717, 1.165) is 6.42 Å². The topological polar surface area (TPSA) is 98.1 Å². The van der Waals surface area contributed by atoms with E-state index in [2.05, 4.69) is 0 Å². The molecule has 25 heavy (non-hydrogen) atoms. The quantitative estimate of drug-likeness (QED) is 0.553. The van der Waals surface area contributed by atoms with Gasteiger partial charge in [-0.1, -0.05) is 31.2 Å². The molecular weight excluding hydrogens is 322 g/mol. The SMILES string of the molecule is CCC(O)c1ccccc1C(=O)[C@]1(C(=O)O)[C@@H](O)C[C@@H]2CC[C@H]1N2C. The summed E-state index contributed by atoms with van der Waals surface area (Å²) in [6, 6.07) is 6.13. The van der Waals surface area contributed by atoms with Crippen LogP contribution in [0.3, 0.4) is 0 Å². The third kappa shape index (κ3) is 2.51. The van der Waals surface area contributed by atoms with Crippen molar-refractivity contribution in [2.45, 2.75) is 56.9 Å². The van der Waals surface area contributed by atoms with Crippen LogP contribution in [0.15, 0.2) is 24.3 Å². The van der Waals surface area contributed by atoms with Crippen LogP contribution in [0.1, 0.15) is 54.6 Å². The zero-order valence-corrected chi connectivity index (χ0v) is 14.6. The number of carboxylic acids is 1. The molecule has 6 nitrogen and oxygen atoms in total. The van der Waals surface area contributed by atoms with Crippen molar-refractivity contribution in [3.63, 3.8) is 0 Å². The molecule has 0 aliphatic carbocycles. The van der Waals surface area contributed by atoms with Crippen molar-refractivity contribution in [3.8, 4) is 0 Å². The fraction of sp³-hybridized carbons (Fsp3) is 0.579. The molecule has 0 aromatic heterocycles. The number of fused-ring (bicyclic) bond motifs is 2. The van der Waals surface area contributed by atoms with Gasteiger partial charge in [0.1, 0.15) is 0 Å². The summed E-state index contributed by atoms with van der Waals surface area (Å²) in [6.07, 6.45) is -0.0602. The number of nitrogens with zero attached hydrogens (tertiary/aromatic N) is 1. The fourth-order valence-corrected chi connectivity index (χ4v) is 4.63. The van der Waals surface area contributed by atoms with E-state index in [1.54, 1.807) is 31.2 Å². The van der Waals surface area contributed by atoms with Crippen molar-refractivity contribution in [2.24, 2.45) is 5.41 Å². The minimum absolute atomic E-state index is 0.108. The molecule has 3 N–H and O–H groups in total. The van der Waals surface area contributed by atoms with E-state index in [-0.39, 0.29) is 18.0 Å². The summed E-state index contributed by atoms with van der Waals surface area (Å²) in [5, 5.41) is 31.0. The monoisotopic (exact) mass is 347 g/mol. The highest BCUT2D eigenvalue weighted by Gasteiger charge is 2.64. The summed E-state index contributed by atoms with van der Waals surface area (Å²) >= 11 is 0. The zero-order chi connectivity index (χ0) is 18.4. The Bertz CT molecular complexity index is 690. The van der Waals surface area contributed by atoms with Crippen molar-refractivity contribution >= 4 is 11.8 Å². The number of carboxylic acid groups (broad SMARTS) is 1. The van der Waals surface area contributed by atoms with Crippen LogP contribution in [-0.4, -0.2) is 57.2 Å². The van der Waals surface area contributed by atoms with Crippen LogP contribution in [0.4, 0.5) is 0 Å². The second-order valence-corrected chi connectivity index (χ2v) is 7.18. The van der Waals surface area contributed by atoms with E-state index < -0.39 is 35.4 Å². The molecule has 1 unspecified atom stereocenters. The van der Waals surface area contributed by atoms with Crippen LogP contribution in [0.25, 0.3) is 0 Å². The Labute approximate surface area is 147 Å². The maximum Gasteiger partial charge on any atom is 0.321 e. The second kappa shape index (κ2) is 6.52. The lowest BCUT2D eigenvalue weighted by molar-refractivity contribution is -0.161. The number of aliphatic hydroxyl groups excluding tert-OH is 2. The van der Waals surface area contributed by atoms with Gasteiger partial charge in [-0.2, -0.15) is 0 Å². The molecule has 2 heterocycles. The number of hydrogen-bond acceptors (Lipinski definition) is 5. The molecule has 0 radical (unpaired) electrons. The summed E-state index contributed by atoms with van der Waals surface area (Å²) in [4.78, 5) is 27.7. The molecule has 2 bridgehead atoms. The molecule has 3 rings (SSSR count). The first-order chi connectivity index (χ1) is 11.9. The first-order valence-electron chi connectivity index (χ1n) is 8.80. The molecule has 6 heteroatoms. The largest absolute Gasteiger partial charge is 0.480 e. The van der Waals surface area contributed by atoms with Gasteiger partial charge in [-0.25, -0.2) is 0 Å². The van der Waals surface area contributed by atoms with Crippen LogP contribution in [0, 0.1) is 5.41 Å². The third-order valence-corrected chi connectivity index (χ3v) is 6.07. The van der Waals surface area contributed by atoms with Crippen LogP contribution in [0.5, 0.6) is 0 Å². The minimum Gasteiger partial charge on any atom is -0.480 e. The number of carbonyl (C=O) groups is 2. The van der Waals surface area contributed by atoms with Crippen molar-refractivity contribution in [1.82, 2.24) is 4.90 Å². The highest BCUT2D eigenvalue weighted by Crippen LogP contribution is 2.48. The number of ketones is 1. The molecule has 0 spiro atoms. The number of Topliss-reactive ketones (excluding diaryl/α,β-unsaturated/α-hetero) is 1. The van der Waals surface area contributed by atoms with Gasteiger partial charge in [0.2, 0.25) is 0 Å². The van der Waals surface area contributed by atoms with Gasteiger partial charge >= 0.3 is 5.97 Å². The average molecular weight is 347 g/mol. The first kappa shape index (κ1) is 18.0. The van der Waals surface area contributed by atoms with Crippen LogP contribution in [-0.2, 0) is 4.79 Å². The Morgan fingerprint density at radius 2 is 2.00 bits per heavy atom. The molecule has 2 aliphatic rings. The van der Waals surface area contributed by atoms with Crippen LogP contribution >= 0.6 is 0 Å². The lowest BCUT2D eigenvalue weighted by Crippen LogP contribution is -2.64. The Kier molecular flexibility index (Phi) is 4.70. The van der Waals surface area contributed by atoms with Crippen LogP contribution < -0.4 is 0 Å². The van der Waals surface area contributed by atoms with Gasteiger partial charge in [0.15, 0.2) is 11.2 Å². The lowest BCUT2D eigenvalue weighted by Gasteiger charge is -2.46. The average Bonchev–Trinajstić information content (AvgIpc) is 2.86. The van der Waals surface area contributed by atoms with E-state index in [1.807, 2.05) is 11.9 Å². The van der Waals surface area contributed by atoms with Gasteiger partial charge in [-0.3, -0.25) is 14.5 Å². The van der Waals surface area contributed by atoms with Crippen LogP contribution in [0.2, 0.25) is 0 Å². The van der Waals surface area contributed by atoms with Crippen molar-refractivity contribution in [1.29, 1.82) is 0 Å². The Balaban J connectivity index is 2.14. The number of aliphatic hydroxyl groups is 2. The Morgan fingerprint density at radius 3 is 2.64 bits per heavy atom. The third-order valence-electron chi connectivity index (χ3n) is 6.07. The standard InChI is InChI=1S/C19H25NO5/c1-3-14(21)12-6-4-5-7-13(12)17(23)19(18(24)25)15-9-8-11(20(15)2)10-16(19)22/h4-7,11,14-16,21-22H,3,8-10H2,1-2H3,(H,24,25)/t11-,14?,15+,16-,19+/m0/s1. The zero-order valence-electron chi connectivity index (χ0n) is 14.6. The maximum atomic E-state index is 13.5. The Hall–Kier alpha value is -1.76. The molecule has 2 fully saturated rings. The normalized spacial score (nSPS) is 33.2. The number of aliphatic carboxylic acids is 1. The number of rotatable bonds is 5. The fourth-order valence-electron chi connectivity index (χ4n) is 4.63. The van der Waals surface area contributed by atoms with Crippen molar-refractivity contribution in [2.75, 3.05) is 7.05 Å². The summed E-state index contributed by atoms with van der Waals surface area (Å²) in [6.45, 7) is 1.80. The predicted octanol–water partition coefficient (Wildman–Crippen LogP) is 1.61. The summed E-state index contributed by atoms with van der Waals surface area (Å²) in [7, 11) is 1.83. The van der Waals surface area contributed by atoms with Gasteiger partial charge in [0.05, 0.1) is 12.2 Å². The van der Waals surface area contributed by atoms with Gasteiger partial charge in [0.25, 0.3) is 0 Å². The lowest BCUT2D eigenvalue weighted by atomic mass is 9.66. The molecule has 2 saturated heterocycles. The molecule has 2 aliphatic heterocycles. The predicted molar refractivity (Wildman–Crippen MR) is 91.3 cm³/mol. The molecule has 136 valence electrons.